The summed E-state index contributed by atoms with van der Waals surface area (Å²) in [5.74, 6) is 0.820. The molecule has 2 aromatic rings. The van der Waals surface area contributed by atoms with Gasteiger partial charge in [-0.15, -0.1) is 11.3 Å². The van der Waals surface area contributed by atoms with Gasteiger partial charge in [-0.3, -0.25) is 0 Å². The topological polar surface area (TPSA) is 26.3 Å². The Bertz CT molecular complexity index is 448. The second kappa shape index (κ2) is 5.47. The Balaban J connectivity index is 1.99. The third kappa shape index (κ3) is 2.70. The molecule has 2 nitrogen and oxygen atoms in total. The highest BCUT2D eigenvalue weighted by atomic mass is 32.1. The van der Waals surface area contributed by atoms with E-state index in [0.29, 0.717) is 13.0 Å². The standard InChI is InChI=1S/C13H12O2S/c14-8-6-13-12(7-9-16-13)15-10-11-4-2-1-3-5-11/h1-5,7-9H,6,10H2. The van der Waals surface area contributed by atoms with Crippen LogP contribution in [0.2, 0.25) is 0 Å². The Morgan fingerprint density at radius 1 is 1.19 bits per heavy atom. The van der Waals surface area contributed by atoms with Gasteiger partial charge in [-0.1, -0.05) is 30.3 Å². The van der Waals surface area contributed by atoms with Gasteiger partial charge in [-0.05, 0) is 17.0 Å². The SMILES string of the molecule is O=CCc1sccc1OCc1ccccc1. The zero-order valence-electron chi connectivity index (χ0n) is 8.76. The molecule has 0 radical (unpaired) electrons. The second-order valence-corrected chi connectivity index (χ2v) is 4.35. The molecule has 16 heavy (non-hydrogen) atoms. The normalized spacial score (nSPS) is 10.0. The van der Waals surface area contributed by atoms with E-state index >= 15 is 0 Å². The van der Waals surface area contributed by atoms with Crippen molar-refractivity contribution < 1.29 is 9.53 Å². The van der Waals surface area contributed by atoms with Crippen molar-refractivity contribution in [1.29, 1.82) is 0 Å². The van der Waals surface area contributed by atoms with Crippen molar-refractivity contribution in [2.24, 2.45) is 0 Å². The average molecular weight is 232 g/mol. The third-order valence-electron chi connectivity index (χ3n) is 2.21. The monoisotopic (exact) mass is 232 g/mol. The van der Waals surface area contributed by atoms with Crippen molar-refractivity contribution in [3.8, 4) is 5.75 Å². The summed E-state index contributed by atoms with van der Waals surface area (Å²) < 4.78 is 5.67. The summed E-state index contributed by atoms with van der Waals surface area (Å²) in [6.45, 7) is 0.545. The van der Waals surface area contributed by atoms with Gasteiger partial charge >= 0.3 is 0 Å². The van der Waals surface area contributed by atoms with Crippen molar-refractivity contribution >= 4 is 17.6 Å². The summed E-state index contributed by atoms with van der Waals surface area (Å²) in [5, 5.41) is 1.94. The van der Waals surface area contributed by atoms with Gasteiger partial charge in [0.1, 0.15) is 18.6 Å². The summed E-state index contributed by atoms with van der Waals surface area (Å²) in [5.41, 5.74) is 1.13. The molecule has 0 spiro atoms. The van der Waals surface area contributed by atoms with Gasteiger partial charge in [-0.2, -0.15) is 0 Å². The van der Waals surface area contributed by atoms with Crippen LogP contribution in [0.3, 0.4) is 0 Å². The minimum Gasteiger partial charge on any atom is -0.488 e. The predicted molar refractivity (Wildman–Crippen MR) is 64.9 cm³/mol. The van der Waals surface area contributed by atoms with E-state index in [0.717, 1.165) is 22.5 Å². The van der Waals surface area contributed by atoms with Gasteiger partial charge < -0.3 is 9.53 Å². The number of carbonyl (C=O) groups is 1. The Morgan fingerprint density at radius 2 is 2.00 bits per heavy atom. The molecule has 0 fully saturated rings. The van der Waals surface area contributed by atoms with E-state index in [-0.39, 0.29) is 0 Å². The van der Waals surface area contributed by atoms with Crippen molar-refractivity contribution in [2.45, 2.75) is 13.0 Å². The number of hydrogen-bond donors (Lipinski definition) is 0. The van der Waals surface area contributed by atoms with Crippen LogP contribution in [-0.4, -0.2) is 6.29 Å². The fourth-order valence-corrected chi connectivity index (χ4v) is 2.18. The summed E-state index contributed by atoms with van der Waals surface area (Å²) in [4.78, 5) is 11.4. The van der Waals surface area contributed by atoms with Crippen LogP contribution in [0, 0.1) is 0 Å². The molecule has 0 unspecified atom stereocenters. The first-order chi connectivity index (χ1) is 7.90. The van der Waals surface area contributed by atoms with Crippen molar-refractivity contribution in [3.63, 3.8) is 0 Å². The molecule has 82 valence electrons. The number of thiophene rings is 1. The maximum atomic E-state index is 10.4. The van der Waals surface area contributed by atoms with Gasteiger partial charge in [0.25, 0.3) is 0 Å². The molecule has 0 aliphatic rings. The van der Waals surface area contributed by atoms with Gasteiger partial charge in [0.05, 0.1) is 4.88 Å². The van der Waals surface area contributed by atoms with E-state index in [9.17, 15) is 4.79 Å². The van der Waals surface area contributed by atoms with Crippen LogP contribution in [0.15, 0.2) is 41.8 Å². The fourth-order valence-electron chi connectivity index (χ4n) is 1.42. The molecule has 0 amide bonds. The van der Waals surface area contributed by atoms with Crippen LogP contribution in [0.1, 0.15) is 10.4 Å². The molecule has 0 saturated heterocycles. The smallest absolute Gasteiger partial charge is 0.134 e. The van der Waals surface area contributed by atoms with Crippen LogP contribution in [0.5, 0.6) is 5.75 Å². The number of hydrogen-bond acceptors (Lipinski definition) is 3. The molecule has 0 atom stereocenters. The predicted octanol–water partition coefficient (Wildman–Crippen LogP) is 3.07. The van der Waals surface area contributed by atoms with Gasteiger partial charge in [-0.25, -0.2) is 0 Å². The lowest BCUT2D eigenvalue weighted by molar-refractivity contribution is -0.107. The molecule has 2 rings (SSSR count). The first-order valence-corrected chi connectivity index (χ1v) is 5.95. The highest BCUT2D eigenvalue weighted by molar-refractivity contribution is 7.10. The summed E-state index contributed by atoms with van der Waals surface area (Å²) in [7, 11) is 0. The van der Waals surface area contributed by atoms with E-state index in [2.05, 4.69) is 0 Å². The molecule has 0 aliphatic heterocycles. The second-order valence-electron chi connectivity index (χ2n) is 3.35. The minimum absolute atomic E-state index is 0.432. The number of carbonyl (C=O) groups excluding carboxylic acids is 1. The lowest BCUT2D eigenvalue weighted by atomic mass is 10.2. The molecule has 3 heteroatoms. The third-order valence-corrected chi connectivity index (χ3v) is 3.13. The lowest BCUT2D eigenvalue weighted by Crippen LogP contribution is -1.96. The van der Waals surface area contributed by atoms with Crippen LogP contribution < -0.4 is 4.74 Å². The van der Waals surface area contributed by atoms with Crippen molar-refractivity contribution in [1.82, 2.24) is 0 Å². The largest absolute Gasteiger partial charge is 0.488 e. The van der Waals surface area contributed by atoms with Gasteiger partial charge in [0.2, 0.25) is 0 Å². The molecule has 1 heterocycles. The number of aldehydes is 1. The average Bonchev–Trinajstić information content (AvgIpc) is 2.76. The van der Waals surface area contributed by atoms with Crippen molar-refractivity contribution in [3.05, 3.63) is 52.2 Å². The number of ether oxygens (including phenoxy) is 1. The first-order valence-electron chi connectivity index (χ1n) is 5.07. The summed E-state index contributed by atoms with van der Waals surface area (Å²) >= 11 is 1.55. The maximum Gasteiger partial charge on any atom is 0.134 e. The molecule has 0 aliphatic carbocycles. The van der Waals surface area contributed by atoms with E-state index in [1.165, 1.54) is 0 Å². The Kier molecular flexibility index (Phi) is 3.72. The first kappa shape index (κ1) is 10.9. The molecule has 1 aromatic carbocycles. The zero-order valence-corrected chi connectivity index (χ0v) is 9.57. The van der Waals surface area contributed by atoms with E-state index in [4.69, 9.17) is 4.74 Å². The Labute approximate surface area is 98.5 Å². The molecule has 1 aromatic heterocycles. The molecule has 0 bridgehead atoms. The maximum absolute atomic E-state index is 10.4. The summed E-state index contributed by atoms with van der Waals surface area (Å²) in [6.07, 6.45) is 1.34. The van der Waals surface area contributed by atoms with Crippen LogP contribution in [0.4, 0.5) is 0 Å². The fraction of sp³-hybridized carbons (Fsp3) is 0.154. The number of rotatable bonds is 5. The molecular formula is C13H12O2S. The number of benzene rings is 1. The Hall–Kier alpha value is -1.61. The van der Waals surface area contributed by atoms with E-state index in [1.54, 1.807) is 11.3 Å². The van der Waals surface area contributed by atoms with E-state index in [1.807, 2.05) is 41.8 Å². The molecular weight excluding hydrogens is 220 g/mol. The van der Waals surface area contributed by atoms with Gasteiger partial charge in [0, 0.05) is 6.42 Å². The highest BCUT2D eigenvalue weighted by Crippen LogP contribution is 2.25. The van der Waals surface area contributed by atoms with Gasteiger partial charge in [0.15, 0.2) is 0 Å². The lowest BCUT2D eigenvalue weighted by Gasteiger charge is -2.05. The minimum atomic E-state index is 0.432. The Morgan fingerprint density at radius 3 is 2.75 bits per heavy atom. The van der Waals surface area contributed by atoms with Crippen LogP contribution in [-0.2, 0) is 17.8 Å². The van der Waals surface area contributed by atoms with Crippen LogP contribution >= 0.6 is 11.3 Å². The molecule has 0 saturated carbocycles. The summed E-state index contributed by atoms with van der Waals surface area (Å²) in [6, 6.07) is 11.9. The van der Waals surface area contributed by atoms with E-state index < -0.39 is 0 Å². The quantitative estimate of drug-likeness (QED) is 0.740. The molecule has 0 N–H and O–H groups in total. The van der Waals surface area contributed by atoms with Crippen molar-refractivity contribution in [2.75, 3.05) is 0 Å². The highest BCUT2D eigenvalue weighted by Gasteiger charge is 2.04. The van der Waals surface area contributed by atoms with Crippen LogP contribution in [0.25, 0.3) is 0 Å². The zero-order chi connectivity index (χ0) is 11.2.